The number of hydrogen-bond donors (Lipinski definition) is 2. The highest BCUT2D eigenvalue weighted by atomic mass is 16.3. The van der Waals surface area contributed by atoms with E-state index in [1.807, 2.05) is 30.3 Å². The number of aliphatic hydroxyl groups is 1. The van der Waals surface area contributed by atoms with Gasteiger partial charge in [0.25, 0.3) is 0 Å². The van der Waals surface area contributed by atoms with Crippen LogP contribution in [0.25, 0.3) is 0 Å². The van der Waals surface area contributed by atoms with E-state index in [0.29, 0.717) is 13.1 Å². The van der Waals surface area contributed by atoms with Gasteiger partial charge in [-0.25, -0.2) is 0 Å². The molecule has 0 aliphatic rings. The van der Waals surface area contributed by atoms with Crippen molar-refractivity contribution in [2.45, 2.75) is 19.5 Å². The predicted octanol–water partition coefficient (Wildman–Crippen LogP) is 2.49. The summed E-state index contributed by atoms with van der Waals surface area (Å²) in [5, 5.41) is 9.39. The van der Waals surface area contributed by atoms with Crippen LogP contribution in [0.1, 0.15) is 22.7 Å². The van der Waals surface area contributed by atoms with Crippen molar-refractivity contribution < 1.29 is 5.11 Å². The van der Waals surface area contributed by atoms with Gasteiger partial charge >= 0.3 is 0 Å². The second kappa shape index (κ2) is 7.93. The molecule has 3 nitrogen and oxygen atoms in total. The molecule has 1 atom stereocenters. The molecule has 0 spiro atoms. The van der Waals surface area contributed by atoms with E-state index in [2.05, 4.69) is 36.1 Å². The summed E-state index contributed by atoms with van der Waals surface area (Å²) >= 11 is 0. The van der Waals surface area contributed by atoms with Crippen molar-refractivity contribution in [1.82, 2.24) is 4.90 Å². The number of nitrogens with two attached hydrogens (primary N) is 1. The van der Waals surface area contributed by atoms with Gasteiger partial charge in [-0.1, -0.05) is 54.6 Å². The number of aryl methyl sites for hydroxylation is 1. The molecule has 0 heterocycles. The van der Waals surface area contributed by atoms with Gasteiger partial charge in [-0.05, 0) is 23.6 Å². The van der Waals surface area contributed by atoms with Crippen molar-refractivity contribution in [3.63, 3.8) is 0 Å². The maximum atomic E-state index is 9.39. The van der Waals surface area contributed by atoms with Crippen LogP contribution < -0.4 is 5.73 Å². The molecule has 0 aliphatic carbocycles. The topological polar surface area (TPSA) is 49.5 Å². The van der Waals surface area contributed by atoms with E-state index >= 15 is 0 Å². The molecule has 0 saturated carbocycles. The van der Waals surface area contributed by atoms with Gasteiger partial charge in [-0.15, -0.1) is 0 Å². The fourth-order valence-electron chi connectivity index (χ4n) is 2.72. The average molecular weight is 284 g/mol. The molecule has 3 N–H and O–H groups in total. The number of hydrogen-bond acceptors (Lipinski definition) is 3. The zero-order valence-electron chi connectivity index (χ0n) is 12.6. The van der Waals surface area contributed by atoms with E-state index in [1.54, 1.807) is 0 Å². The molecular formula is C18H24N2O. The van der Waals surface area contributed by atoms with E-state index in [0.717, 1.165) is 6.54 Å². The second-order valence-corrected chi connectivity index (χ2v) is 5.29. The summed E-state index contributed by atoms with van der Waals surface area (Å²) in [7, 11) is 0. The first-order chi connectivity index (χ1) is 10.3. The largest absolute Gasteiger partial charge is 0.395 e. The molecule has 3 heteroatoms. The Morgan fingerprint density at radius 2 is 1.71 bits per heavy atom. The predicted molar refractivity (Wildman–Crippen MR) is 86.9 cm³/mol. The maximum absolute atomic E-state index is 9.39. The van der Waals surface area contributed by atoms with E-state index in [-0.39, 0.29) is 12.6 Å². The standard InChI is InChI=1S/C18H24N2O/c1-15-7-5-6-10-17(15)18(13-19)20(11-12-21)14-16-8-3-2-4-9-16/h2-10,18,21H,11-14,19H2,1H3. The van der Waals surface area contributed by atoms with Gasteiger partial charge < -0.3 is 10.8 Å². The van der Waals surface area contributed by atoms with Gasteiger partial charge in [0.05, 0.1) is 6.61 Å². The molecule has 1 unspecified atom stereocenters. The first kappa shape index (κ1) is 15.7. The molecule has 0 bridgehead atoms. The third-order valence-electron chi connectivity index (χ3n) is 3.83. The van der Waals surface area contributed by atoms with Crippen LogP contribution in [-0.2, 0) is 6.54 Å². The van der Waals surface area contributed by atoms with Crippen LogP contribution in [0.4, 0.5) is 0 Å². The first-order valence-electron chi connectivity index (χ1n) is 7.40. The van der Waals surface area contributed by atoms with Gasteiger partial charge in [-0.2, -0.15) is 0 Å². The lowest BCUT2D eigenvalue weighted by atomic mass is 9.99. The number of aliphatic hydroxyl groups excluding tert-OH is 1. The van der Waals surface area contributed by atoms with Crippen LogP contribution >= 0.6 is 0 Å². The summed E-state index contributed by atoms with van der Waals surface area (Å²) < 4.78 is 0. The minimum atomic E-state index is 0.124. The summed E-state index contributed by atoms with van der Waals surface area (Å²) in [4.78, 5) is 2.25. The molecule has 112 valence electrons. The molecule has 0 aromatic heterocycles. The molecule has 0 radical (unpaired) electrons. The van der Waals surface area contributed by atoms with Gasteiger partial charge in [0.15, 0.2) is 0 Å². The average Bonchev–Trinajstić information content (AvgIpc) is 2.51. The fraction of sp³-hybridized carbons (Fsp3) is 0.333. The lowest BCUT2D eigenvalue weighted by Crippen LogP contribution is -2.35. The van der Waals surface area contributed by atoms with Crippen molar-refractivity contribution in [2.24, 2.45) is 5.73 Å². The molecule has 0 amide bonds. The number of rotatable bonds is 7. The Balaban J connectivity index is 2.24. The van der Waals surface area contributed by atoms with Gasteiger partial charge in [0.2, 0.25) is 0 Å². The normalized spacial score (nSPS) is 12.6. The van der Waals surface area contributed by atoms with Crippen LogP contribution in [0.5, 0.6) is 0 Å². The third kappa shape index (κ3) is 4.14. The maximum Gasteiger partial charge on any atom is 0.0558 e. The highest BCUT2D eigenvalue weighted by Gasteiger charge is 2.20. The molecule has 2 aromatic rings. The second-order valence-electron chi connectivity index (χ2n) is 5.29. The van der Waals surface area contributed by atoms with Crippen molar-refractivity contribution in [1.29, 1.82) is 0 Å². The van der Waals surface area contributed by atoms with E-state index < -0.39 is 0 Å². The SMILES string of the molecule is Cc1ccccc1C(CN)N(CCO)Cc1ccccc1. The first-order valence-corrected chi connectivity index (χ1v) is 7.40. The molecule has 2 aromatic carbocycles. The van der Waals surface area contributed by atoms with Crippen LogP contribution in [0.2, 0.25) is 0 Å². The van der Waals surface area contributed by atoms with Crippen LogP contribution in [0.3, 0.4) is 0 Å². The third-order valence-corrected chi connectivity index (χ3v) is 3.83. The molecule has 2 rings (SSSR count). The van der Waals surface area contributed by atoms with Crippen LogP contribution in [0, 0.1) is 6.92 Å². The number of benzene rings is 2. The molecule has 0 fully saturated rings. The van der Waals surface area contributed by atoms with Crippen molar-refractivity contribution in [3.05, 3.63) is 71.3 Å². The Hall–Kier alpha value is -1.68. The van der Waals surface area contributed by atoms with Gasteiger partial charge in [0, 0.05) is 25.7 Å². The summed E-state index contributed by atoms with van der Waals surface area (Å²) in [6.07, 6.45) is 0. The van der Waals surface area contributed by atoms with Crippen LogP contribution in [0.15, 0.2) is 54.6 Å². The molecule has 0 saturated heterocycles. The quantitative estimate of drug-likeness (QED) is 0.821. The lowest BCUT2D eigenvalue weighted by molar-refractivity contribution is 0.146. The summed E-state index contributed by atoms with van der Waals surface area (Å²) in [5.74, 6) is 0. The number of nitrogens with zero attached hydrogens (tertiary/aromatic N) is 1. The van der Waals surface area contributed by atoms with E-state index in [1.165, 1.54) is 16.7 Å². The van der Waals surface area contributed by atoms with Gasteiger partial charge in [-0.3, -0.25) is 4.90 Å². The Bertz CT molecular complexity index is 542. The van der Waals surface area contributed by atoms with E-state index in [4.69, 9.17) is 5.73 Å². The van der Waals surface area contributed by atoms with E-state index in [9.17, 15) is 5.11 Å². The monoisotopic (exact) mass is 284 g/mol. The smallest absolute Gasteiger partial charge is 0.0558 e. The summed E-state index contributed by atoms with van der Waals surface area (Å²) in [6, 6.07) is 18.8. The van der Waals surface area contributed by atoms with Crippen molar-refractivity contribution in [2.75, 3.05) is 19.7 Å². The Labute approximate surface area is 127 Å². The lowest BCUT2D eigenvalue weighted by Gasteiger charge is -2.31. The molecule has 0 aliphatic heterocycles. The highest BCUT2D eigenvalue weighted by Crippen LogP contribution is 2.24. The summed E-state index contributed by atoms with van der Waals surface area (Å²) in [6.45, 7) is 4.19. The fourth-order valence-corrected chi connectivity index (χ4v) is 2.72. The molecular weight excluding hydrogens is 260 g/mol. The molecule has 21 heavy (non-hydrogen) atoms. The Morgan fingerprint density at radius 3 is 2.33 bits per heavy atom. The van der Waals surface area contributed by atoms with Crippen LogP contribution in [-0.4, -0.2) is 29.7 Å². The zero-order chi connectivity index (χ0) is 15.1. The minimum Gasteiger partial charge on any atom is -0.395 e. The summed E-state index contributed by atoms with van der Waals surface area (Å²) in [5.41, 5.74) is 9.75. The Kier molecular flexibility index (Phi) is 5.93. The zero-order valence-corrected chi connectivity index (χ0v) is 12.6. The van der Waals surface area contributed by atoms with Crippen molar-refractivity contribution >= 4 is 0 Å². The minimum absolute atomic E-state index is 0.124. The Morgan fingerprint density at radius 1 is 1.05 bits per heavy atom. The van der Waals surface area contributed by atoms with Gasteiger partial charge in [0.1, 0.15) is 0 Å². The van der Waals surface area contributed by atoms with Crippen molar-refractivity contribution in [3.8, 4) is 0 Å². The highest BCUT2D eigenvalue weighted by molar-refractivity contribution is 5.29.